The lowest BCUT2D eigenvalue weighted by molar-refractivity contribution is -0.0648. The van der Waals surface area contributed by atoms with E-state index >= 15 is 0 Å². The molecule has 0 bridgehead atoms. The summed E-state index contributed by atoms with van der Waals surface area (Å²) in [5.74, 6) is 6.89. The van der Waals surface area contributed by atoms with Gasteiger partial charge in [0.2, 0.25) is 0 Å². The molecule has 0 amide bonds. The van der Waals surface area contributed by atoms with Crippen molar-refractivity contribution in [2.45, 2.75) is 25.0 Å². The summed E-state index contributed by atoms with van der Waals surface area (Å²) >= 11 is 3.63. The van der Waals surface area contributed by atoms with Crippen molar-refractivity contribution in [2.75, 3.05) is 44.3 Å². The lowest BCUT2D eigenvalue weighted by Gasteiger charge is -2.35. The van der Waals surface area contributed by atoms with Crippen LogP contribution < -0.4 is 4.90 Å². The molecule has 150 valence electrons. The first kappa shape index (κ1) is 21.1. The molecule has 0 saturated carbocycles. The molecule has 2 aromatic rings. The molecule has 3 heterocycles. The van der Waals surface area contributed by atoms with Gasteiger partial charge in [-0.1, -0.05) is 31.8 Å². The van der Waals surface area contributed by atoms with Crippen LogP contribution in [0.1, 0.15) is 26.3 Å². The molecule has 1 aromatic carbocycles. The lowest BCUT2D eigenvalue weighted by atomic mass is 9.89. The molecule has 2 fully saturated rings. The number of ether oxygens (including phenoxy) is 1. The number of rotatable bonds is 3. The van der Waals surface area contributed by atoms with Crippen molar-refractivity contribution < 1.29 is 9.84 Å². The second-order valence-corrected chi connectivity index (χ2v) is 9.29. The summed E-state index contributed by atoms with van der Waals surface area (Å²) in [7, 11) is 0. The Morgan fingerprint density at radius 2 is 1.89 bits per heavy atom. The van der Waals surface area contributed by atoms with E-state index < -0.39 is 0 Å². The Morgan fingerprint density at radius 3 is 2.50 bits per heavy atom. The minimum Gasteiger partial charge on any atom is -0.508 e. The zero-order valence-corrected chi connectivity index (χ0v) is 18.4. The van der Waals surface area contributed by atoms with Gasteiger partial charge in [0, 0.05) is 26.2 Å². The minimum atomic E-state index is -0.0568. The van der Waals surface area contributed by atoms with Gasteiger partial charge in [0.1, 0.15) is 5.75 Å². The third-order valence-electron chi connectivity index (χ3n) is 4.61. The quantitative estimate of drug-likeness (QED) is 0.580. The van der Waals surface area contributed by atoms with E-state index in [1.54, 1.807) is 23.5 Å². The summed E-state index contributed by atoms with van der Waals surface area (Å²) in [6.45, 7) is 11.4. The van der Waals surface area contributed by atoms with Crippen LogP contribution in [0.5, 0.6) is 5.75 Å². The van der Waals surface area contributed by atoms with Crippen molar-refractivity contribution in [3.8, 4) is 17.6 Å². The van der Waals surface area contributed by atoms with E-state index in [2.05, 4.69) is 45.5 Å². The average Bonchev–Trinajstić information content (AvgIpc) is 3.20. The monoisotopic (exact) mass is 416 g/mol. The summed E-state index contributed by atoms with van der Waals surface area (Å²) < 4.78 is 9.04. The summed E-state index contributed by atoms with van der Waals surface area (Å²) in [5.41, 5.74) is 1.95. The molecule has 0 aliphatic carbocycles. The molecule has 6 heteroatoms. The molecule has 2 aliphatic heterocycles. The van der Waals surface area contributed by atoms with Gasteiger partial charge < -0.3 is 14.7 Å². The molecule has 4 rings (SSSR count). The molecular formula is C22H28N2O2S2. The Hall–Kier alpha value is -1.65. The molecular weight excluding hydrogens is 388 g/mol. The van der Waals surface area contributed by atoms with Gasteiger partial charge in [0.15, 0.2) is 0 Å². The first-order valence-electron chi connectivity index (χ1n) is 9.77. The standard InChI is InChI=1S/C20H22N2O2S2.C2H6/c1-20(14-24-15-20)7-6-16-13-17(23)4-5-18(16)21-8-10-22(11-9-21)26-19-3-2-12-25-19;1-2/h2-5,12-13,23H,8-11,14-15H2,1H3;1-2H3. The molecule has 4 nitrogen and oxygen atoms in total. The number of anilines is 1. The SMILES string of the molecule is CC.CC1(C#Cc2cc(O)ccc2N2CCN(Sc3cccs3)CC2)COC1. The number of nitrogens with zero attached hydrogens (tertiary/aromatic N) is 2. The predicted molar refractivity (Wildman–Crippen MR) is 119 cm³/mol. The fraction of sp³-hybridized carbons (Fsp3) is 0.455. The van der Waals surface area contributed by atoms with Crippen molar-refractivity contribution >= 4 is 29.0 Å². The maximum Gasteiger partial charge on any atom is 0.116 e. The molecule has 1 aromatic heterocycles. The van der Waals surface area contributed by atoms with Crippen molar-refractivity contribution in [2.24, 2.45) is 5.41 Å². The molecule has 2 aliphatic rings. The fourth-order valence-electron chi connectivity index (χ4n) is 3.06. The normalized spacial score (nSPS) is 18.3. The van der Waals surface area contributed by atoms with Gasteiger partial charge in [0.05, 0.1) is 34.1 Å². The van der Waals surface area contributed by atoms with Crippen molar-refractivity contribution in [1.29, 1.82) is 0 Å². The molecule has 0 spiro atoms. The van der Waals surface area contributed by atoms with Crippen LogP contribution in [0.4, 0.5) is 5.69 Å². The highest BCUT2D eigenvalue weighted by atomic mass is 32.2. The number of piperazine rings is 1. The topological polar surface area (TPSA) is 35.9 Å². The molecule has 0 radical (unpaired) electrons. The van der Waals surface area contributed by atoms with Gasteiger partial charge >= 0.3 is 0 Å². The maximum atomic E-state index is 9.90. The predicted octanol–water partition coefficient (Wildman–Crippen LogP) is 4.70. The van der Waals surface area contributed by atoms with Crippen LogP contribution in [0.2, 0.25) is 0 Å². The number of benzene rings is 1. The molecule has 28 heavy (non-hydrogen) atoms. The van der Waals surface area contributed by atoms with E-state index in [4.69, 9.17) is 4.74 Å². The van der Waals surface area contributed by atoms with Gasteiger partial charge in [-0.15, -0.1) is 11.3 Å². The zero-order chi connectivity index (χ0) is 20.0. The molecule has 2 saturated heterocycles. The highest BCUT2D eigenvalue weighted by Crippen LogP contribution is 2.31. The number of hydrogen-bond donors (Lipinski definition) is 1. The van der Waals surface area contributed by atoms with E-state index in [1.807, 2.05) is 31.9 Å². The van der Waals surface area contributed by atoms with Crippen molar-refractivity contribution in [1.82, 2.24) is 4.31 Å². The summed E-state index contributed by atoms with van der Waals surface area (Å²) in [4.78, 5) is 2.37. The zero-order valence-electron chi connectivity index (χ0n) is 16.8. The lowest BCUT2D eigenvalue weighted by Crippen LogP contribution is -2.43. The van der Waals surface area contributed by atoms with Crippen LogP contribution in [-0.2, 0) is 4.74 Å². The second-order valence-electron chi connectivity index (χ2n) is 6.94. The third-order valence-corrected chi connectivity index (χ3v) is 6.73. The fourth-order valence-corrected chi connectivity index (χ4v) is 4.90. The highest BCUT2D eigenvalue weighted by molar-refractivity contribution is 7.98. The average molecular weight is 417 g/mol. The van der Waals surface area contributed by atoms with Crippen LogP contribution in [0.25, 0.3) is 0 Å². The molecule has 0 unspecified atom stereocenters. The van der Waals surface area contributed by atoms with Crippen molar-refractivity contribution in [3.05, 3.63) is 41.3 Å². The number of phenols is 1. The van der Waals surface area contributed by atoms with E-state index in [0.29, 0.717) is 13.2 Å². The summed E-state index contributed by atoms with van der Waals surface area (Å²) in [5, 5.41) is 12.0. The van der Waals surface area contributed by atoms with E-state index in [9.17, 15) is 5.11 Å². The Kier molecular flexibility index (Phi) is 7.30. The van der Waals surface area contributed by atoms with Gasteiger partial charge in [-0.3, -0.25) is 0 Å². The second kappa shape index (κ2) is 9.71. The van der Waals surface area contributed by atoms with Crippen LogP contribution in [0.15, 0.2) is 39.9 Å². The van der Waals surface area contributed by atoms with Gasteiger partial charge in [-0.25, -0.2) is 4.31 Å². The van der Waals surface area contributed by atoms with Crippen LogP contribution in [0.3, 0.4) is 0 Å². The van der Waals surface area contributed by atoms with E-state index in [1.165, 1.54) is 4.21 Å². The molecule has 1 N–H and O–H groups in total. The first-order chi connectivity index (χ1) is 13.6. The Labute approximate surface area is 176 Å². The van der Waals surface area contributed by atoms with Gasteiger partial charge in [-0.05, 0) is 48.5 Å². The Morgan fingerprint density at radius 1 is 1.14 bits per heavy atom. The number of thiophene rings is 1. The van der Waals surface area contributed by atoms with Crippen LogP contribution in [0, 0.1) is 17.3 Å². The maximum absolute atomic E-state index is 9.90. The summed E-state index contributed by atoms with van der Waals surface area (Å²) in [6, 6.07) is 9.78. The smallest absolute Gasteiger partial charge is 0.116 e. The van der Waals surface area contributed by atoms with Crippen LogP contribution >= 0.6 is 23.3 Å². The first-order valence-corrected chi connectivity index (χ1v) is 11.4. The van der Waals surface area contributed by atoms with Crippen LogP contribution in [-0.4, -0.2) is 48.8 Å². The van der Waals surface area contributed by atoms with E-state index in [0.717, 1.165) is 37.4 Å². The van der Waals surface area contributed by atoms with Gasteiger partial charge in [0.25, 0.3) is 0 Å². The Bertz CT molecular complexity index is 815. The minimum absolute atomic E-state index is 0.0568. The third kappa shape index (κ3) is 5.24. The van der Waals surface area contributed by atoms with E-state index in [-0.39, 0.29) is 11.2 Å². The van der Waals surface area contributed by atoms with Gasteiger partial charge in [-0.2, -0.15) is 0 Å². The number of hydrogen-bond acceptors (Lipinski definition) is 6. The number of aromatic hydroxyl groups is 1. The highest BCUT2D eigenvalue weighted by Gasteiger charge is 2.31. The molecule has 0 atom stereocenters. The largest absolute Gasteiger partial charge is 0.508 e. The summed E-state index contributed by atoms with van der Waals surface area (Å²) in [6.07, 6.45) is 0. The Balaban J connectivity index is 0.00000109. The van der Waals surface area contributed by atoms with Crippen molar-refractivity contribution in [3.63, 3.8) is 0 Å². The number of phenolic OH excluding ortho intramolecular Hbond substituents is 1.